The molecule has 0 aliphatic heterocycles. The van der Waals surface area contributed by atoms with Gasteiger partial charge in [0.15, 0.2) is 10.9 Å². The van der Waals surface area contributed by atoms with Gasteiger partial charge < -0.3 is 10.6 Å². The molecule has 10 heteroatoms. The number of nitrogens with one attached hydrogen (secondary N) is 2. The number of aromatic nitrogens is 4. The molecule has 0 amide bonds. The van der Waals surface area contributed by atoms with Crippen LogP contribution in [0.15, 0.2) is 48.5 Å². The van der Waals surface area contributed by atoms with Crippen LogP contribution in [0.1, 0.15) is 28.2 Å². The third kappa shape index (κ3) is 5.26. The molecule has 0 saturated carbocycles. The van der Waals surface area contributed by atoms with E-state index in [9.17, 15) is 8.78 Å². The van der Waals surface area contributed by atoms with E-state index in [-0.39, 0.29) is 18.2 Å². The van der Waals surface area contributed by atoms with Gasteiger partial charge in [-0.15, -0.1) is 0 Å². The normalized spacial score (nSPS) is 11.0. The summed E-state index contributed by atoms with van der Waals surface area (Å²) in [5, 5.41) is 16.0. The number of nitrogens with zero attached hydrogens (tertiary/aromatic N) is 4. The van der Waals surface area contributed by atoms with Gasteiger partial charge in [-0.25, -0.2) is 8.78 Å². The molecule has 0 bridgehead atoms. The number of halogens is 3. The summed E-state index contributed by atoms with van der Waals surface area (Å²) in [7, 11) is 0. The lowest BCUT2D eigenvalue weighted by molar-refractivity contribution is 0.581. The first kappa shape index (κ1) is 23.8. The molecule has 0 aliphatic carbocycles. The fourth-order valence-electron chi connectivity index (χ4n) is 3.62. The highest BCUT2D eigenvalue weighted by molar-refractivity contribution is 7.80. The second-order valence-electron chi connectivity index (χ2n) is 7.94. The van der Waals surface area contributed by atoms with E-state index in [1.165, 1.54) is 18.2 Å². The van der Waals surface area contributed by atoms with E-state index in [1.54, 1.807) is 28.9 Å². The topological polar surface area (TPSA) is 59.7 Å². The molecule has 4 aromatic rings. The Balaban J connectivity index is 1.45. The number of aryl methyl sites for hydroxylation is 2. The molecule has 6 nitrogen and oxygen atoms in total. The van der Waals surface area contributed by atoms with E-state index in [2.05, 4.69) is 20.8 Å². The fourth-order valence-corrected chi connectivity index (χ4v) is 4.05. The SMILES string of the molecule is Cc1nn(Cc2ccc(F)cc2)c(C)c1NC(=S)Nc1cc(C)n(Cc2c(F)cccc2Cl)n1. The Labute approximate surface area is 206 Å². The second kappa shape index (κ2) is 9.90. The van der Waals surface area contributed by atoms with Gasteiger partial charge in [0.25, 0.3) is 0 Å². The van der Waals surface area contributed by atoms with Crippen LogP contribution in [0.25, 0.3) is 0 Å². The molecule has 0 aliphatic rings. The predicted octanol–water partition coefficient (Wildman–Crippen LogP) is 5.84. The van der Waals surface area contributed by atoms with Gasteiger partial charge in [0, 0.05) is 22.3 Å². The van der Waals surface area contributed by atoms with E-state index in [1.807, 2.05) is 31.5 Å². The van der Waals surface area contributed by atoms with Crippen LogP contribution in [0.2, 0.25) is 5.02 Å². The number of hydrogen-bond acceptors (Lipinski definition) is 3. The molecular formula is C24H23ClF2N6S. The first-order valence-electron chi connectivity index (χ1n) is 10.5. The van der Waals surface area contributed by atoms with Gasteiger partial charge in [0.2, 0.25) is 0 Å². The molecular weight excluding hydrogens is 478 g/mol. The third-order valence-corrected chi connectivity index (χ3v) is 6.02. The third-order valence-electron chi connectivity index (χ3n) is 5.46. The van der Waals surface area contributed by atoms with Gasteiger partial charge in [-0.05, 0) is 62.8 Å². The van der Waals surface area contributed by atoms with Gasteiger partial charge in [-0.2, -0.15) is 10.2 Å². The van der Waals surface area contributed by atoms with Crippen LogP contribution in [-0.2, 0) is 13.1 Å². The fraction of sp³-hybridized carbons (Fsp3) is 0.208. The Hall–Kier alpha value is -3.30. The summed E-state index contributed by atoms with van der Waals surface area (Å²) in [6.45, 7) is 6.41. The average molecular weight is 501 g/mol. The van der Waals surface area contributed by atoms with Crippen molar-refractivity contribution in [2.24, 2.45) is 0 Å². The number of rotatable bonds is 6. The Morgan fingerprint density at radius 3 is 2.41 bits per heavy atom. The minimum Gasteiger partial charge on any atom is -0.329 e. The van der Waals surface area contributed by atoms with Crippen molar-refractivity contribution in [1.82, 2.24) is 19.6 Å². The molecule has 0 spiro atoms. The molecule has 34 heavy (non-hydrogen) atoms. The molecule has 0 fully saturated rings. The van der Waals surface area contributed by atoms with E-state index in [0.29, 0.717) is 28.1 Å². The highest BCUT2D eigenvalue weighted by Crippen LogP contribution is 2.23. The molecule has 4 rings (SSSR count). The van der Waals surface area contributed by atoms with Crippen molar-refractivity contribution >= 4 is 40.4 Å². The van der Waals surface area contributed by atoms with Crippen LogP contribution in [0.5, 0.6) is 0 Å². The van der Waals surface area contributed by atoms with Gasteiger partial charge in [-0.3, -0.25) is 9.36 Å². The predicted molar refractivity (Wildman–Crippen MR) is 135 cm³/mol. The summed E-state index contributed by atoms with van der Waals surface area (Å²) in [4.78, 5) is 0. The largest absolute Gasteiger partial charge is 0.329 e. The van der Waals surface area contributed by atoms with Gasteiger partial charge >= 0.3 is 0 Å². The summed E-state index contributed by atoms with van der Waals surface area (Å²) in [5.41, 5.74) is 4.59. The lowest BCUT2D eigenvalue weighted by Crippen LogP contribution is -2.20. The zero-order valence-corrected chi connectivity index (χ0v) is 20.4. The van der Waals surface area contributed by atoms with Gasteiger partial charge in [0.05, 0.1) is 30.2 Å². The van der Waals surface area contributed by atoms with Crippen LogP contribution in [-0.4, -0.2) is 24.7 Å². The second-order valence-corrected chi connectivity index (χ2v) is 8.75. The molecule has 0 saturated heterocycles. The van der Waals surface area contributed by atoms with Crippen LogP contribution in [0.3, 0.4) is 0 Å². The highest BCUT2D eigenvalue weighted by atomic mass is 35.5. The van der Waals surface area contributed by atoms with E-state index in [0.717, 1.165) is 28.3 Å². The van der Waals surface area contributed by atoms with E-state index < -0.39 is 0 Å². The zero-order chi connectivity index (χ0) is 24.4. The summed E-state index contributed by atoms with van der Waals surface area (Å²) < 4.78 is 30.8. The summed E-state index contributed by atoms with van der Waals surface area (Å²) in [5.74, 6) is -0.125. The lowest BCUT2D eigenvalue weighted by atomic mass is 10.2. The molecule has 2 N–H and O–H groups in total. The van der Waals surface area contributed by atoms with Crippen molar-refractivity contribution in [2.75, 3.05) is 10.6 Å². The van der Waals surface area contributed by atoms with Crippen LogP contribution in [0.4, 0.5) is 20.3 Å². The number of thiocarbonyl (C=S) groups is 1. The molecule has 0 radical (unpaired) electrons. The Morgan fingerprint density at radius 2 is 1.71 bits per heavy atom. The first-order chi connectivity index (χ1) is 16.2. The van der Waals surface area contributed by atoms with E-state index >= 15 is 0 Å². The van der Waals surface area contributed by atoms with E-state index in [4.69, 9.17) is 23.8 Å². The number of hydrogen-bond donors (Lipinski definition) is 2. The minimum atomic E-state index is -0.377. The van der Waals surface area contributed by atoms with Gasteiger partial charge in [-0.1, -0.05) is 29.8 Å². The van der Waals surface area contributed by atoms with Crippen molar-refractivity contribution in [3.63, 3.8) is 0 Å². The maximum Gasteiger partial charge on any atom is 0.176 e. The van der Waals surface area contributed by atoms with Crippen molar-refractivity contribution in [1.29, 1.82) is 0 Å². The monoisotopic (exact) mass is 500 g/mol. The Bertz CT molecular complexity index is 1330. The number of anilines is 2. The first-order valence-corrected chi connectivity index (χ1v) is 11.3. The Kier molecular flexibility index (Phi) is 6.95. The van der Waals surface area contributed by atoms with Crippen LogP contribution >= 0.6 is 23.8 Å². The maximum absolute atomic E-state index is 14.2. The van der Waals surface area contributed by atoms with Crippen LogP contribution < -0.4 is 10.6 Å². The molecule has 2 aromatic carbocycles. The smallest absolute Gasteiger partial charge is 0.176 e. The molecule has 176 valence electrons. The maximum atomic E-state index is 14.2. The van der Waals surface area contributed by atoms with Crippen molar-refractivity contribution in [2.45, 2.75) is 33.9 Å². The average Bonchev–Trinajstić information content (AvgIpc) is 3.25. The molecule has 0 unspecified atom stereocenters. The summed E-state index contributed by atoms with van der Waals surface area (Å²) in [6.07, 6.45) is 0. The highest BCUT2D eigenvalue weighted by Gasteiger charge is 2.15. The zero-order valence-electron chi connectivity index (χ0n) is 18.9. The molecule has 2 aromatic heterocycles. The molecule has 2 heterocycles. The summed E-state index contributed by atoms with van der Waals surface area (Å²) >= 11 is 11.6. The standard InChI is InChI=1S/C24H23ClF2N6S/c1-14-11-22(31-32(14)13-19-20(25)5-4-6-21(19)27)28-24(34)29-23-15(2)30-33(16(23)3)12-17-7-9-18(26)10-8-17/h4-11H,12-13H2,1-3H3,(H2,28,29,31,34). The quantitative estimate of drug-likeness (QED) is 0.326. The van der Waals surface area contributed by atoms with Crippen LogP contribution in [0, 0.1) is 32.4 Å². The van der Waals surface area contributed by atoms with Crippen molar-refractivity contribution in [3.05, 3.63) is 93.4 Å². The number of benzene rings is 2. The summed E-state index contributed by atoms with van der Waals surface area (Å²) in [6, 6.07) is 12.7. The molecule has 0 atom stereocenters. The van der Waals surface area contributed by atoms with Crippen molar-refractivity contribution < 1.29 is 8.78 Å². The van der Waals surface area contributed by atoms with Crippen molar-refractivity contribution in [3.8, 4) is 0 Å². The Morgan fingerprint density at radius 1 is 0.971 bits per heavy atom. The lowest BCUT2D eigenvalue weighted by Gasteiger charge is -2.10. The van der Waals surface area contributed by atoms with Gasteiger partial charge in [0.1, 0.15) is 11.6 Å². The minimum absolute atomic E-state index is 0.202.